The van der Waals surface area contributed by atoms with Crippen molar-refractivity contribution in [2.24, 2.45) is 11.8 Å². The van der Waals surface area contributed by atoms with Crippen LogP contribution in [0.4, 0.5) is 0 Å². The Morgan fingerprint density at radius 3 is 2.41 bits per heavy atom. The normalized spacial score (nSPS) is 16.1. The zero-order chi connectivity index (χ0) is 19.4. The number of carbonyl (C=O) groups is 2. The summed E-state index contributed by atoms with van der Waals surface area (Å²) in [6.45, 7) is 6.28. The van der Waals surface area contributed by atoms with E-state index in [0.29, 0.717) is 23.4 Å². The van der Waals surface area contributed by atoms with Gasteiger partial charge in [-0.3, -0.25) is 4.79 Å². The van der Waals surface area contributed by atoms with Crippen molar-refractivity contribution in [1.82, 2.24) is 5.32 Å². The lowest BCUT2D eigenvalue weighted by Gasteiger charge is -2.32. The molecule has 0 bridgehead atoms. The first kappa shape index (κ1) is 18.9. The van der Waals surface area contributed by atoms with E-state index in [2.05, 4.69) is 25.2 Å². The molecule has 0 fully saturated rings. The van der Waals surface area contributed by atoms with Crippen molar-refractivity contribution >= 4 is 17.6 Å². The summed E-state index contributed by atoms with van der Waals surface area (Å²) in [7, 11) is 0. The van der Waals surface area contributed by atoms with Crippen LogP contribution in [-0.2, 0) is 16.0 Å². The molecule has 1 amide bonds. The molecule has 1 N–H and O–H groups in total. The monoisotopic (exact) mass is 363 g/mol. The van der Waals surface area contributed by atoms with E-state index in [1.54, 1.807) is 19.1 Å². The van der Waals surface area contributed by atoms with E-state index in [1.807, 2.05) is 36.4 Å². The highest BCUT2D eigenvalue weighted by Crippen LogP contribution is 2.38. The summed E-state index contributed by atoms with van der Waals surface area (Å²) in [6.07, 6.45) is 0.757. The van der Waals surface area contributed by atoms with Gasteiger partial charge in [0.2, 0.25) is 0 Å². The second kappa shape index (κ2) is 8.21. The predicted octanol–water partition coefficient (Wildman–Crippen LogP) is 4.22. The molecule has 0 spiro atoms. The standard InChI is InChI=1S/C23H25NO3/c1-4-27-23(26)20-19(15(2)3)14-17-12-8-9-13-18(17)21(20)24-22(25)16-10-6-5-7-11-16/h5-13,15,19H,4,14H2,1-3H3,(H,24,25)/t19-/m1/s1. The summed E-state index contributed by atoms with van der Waals surface area (Å²) in [5.74, 6) is -0.355. The predicted molar refractivity (Wildman–Crippen MR) is 106 cm³/mol. The van der Waals surface area contributed by atoms with Gasteiger partial charge in [0.05, 0.1) is 17.9 Å². The first-order valence-corrected chi connectivity index (χ1v) is 9.38. The maximum absolute atomic E-state index is 12.8. The van der Waals surface area contributed by atoms with E-state index in [4.69, 9.17) is 4.74 Å². The number of carbonyl (C=O) groups excluding carboxylic acids is 2. The second-order valence-corrected chi connectivity index (χ2v) is 7.04. The summed E-state index contributed by atoms with van der Waals surface area (Å²) < 4.78 is 5.35. The Morgan fingerprint density at radius 1 is 1.07 bits per heavy atom. The summed E-state index contributed by atoms with van der Waals surface area (Å²) in [4.78, 5) is 25.6. The fourth-order valence-electron chi connectivity index (χ4n) is 3.55. The van der Waals surface area contributed by atoms with Gasteiger partial charge in [0.15, 0.2) is 0 Å². The van der Waals surface area contributed by atoms with Crippen molar-refractivity contribution in [3.63, 3.8) is 0 Å². The molecular weight excluding hydrogens is 338 g/mol. The van der Waals surface area contributed by atoms with Gasteiger partial charge in [-0.25, -0.2) is 4.79 Å². The summed E-state index contributed by atoms with van der Waals surface area (Å²) in [6, 6.07) is 16.9. The van der Waals surface area contributed by atoms with Crippen LogP contribution >= 0.6 is 0 Å². The average Bonchev–Trinajstić information content (AvgIpc) is 2.68. The largest absolute Gasteiger partial charge is 0.463 e. The third-order valence-electron chi connectivity index (χ3n) is 4.94. The fourth-order valence-corrected chi connectivity index (χ4v) is 3.55. The first-order chi connectivity index (χ1) is 13.0. The van der Waals surface area contributed by atoms with Crippen LogP contribution in [0.5, 0.6) is 0 Å². The molecule has 2 aromatic rings. The third-order valence-corrected chi connectivity index (χ3v) is 4.94. The Bertz CT molecular complexity index is 868. The van der Waals surface area contributed by atoms with Crippen LogP contribution in [-0.4, -0.2) is 18.5 Å². The zero-order valence-corrected chi connectivity index (χ0v) is 16.0. The minimum Gasteiger partial charge on any atom is -0.463 e. The number of hydrogen-bond acceptors (Lipinski definition) is 3. The maximum Gasteiger partial charge on any atom is 0.336 e. The minimum atomic E-state index is -0.353. The lowest BCUT2D eigenvalue weighted by Crippen LogP contribution is -2.33. The maximum atomic E-state index is 12.8. The number of benzene rings is 2. The number of amides is 1. The molecule has 1 aliphatic carbocycles. The van der Waals surface area contributed by atoms with Crippen LogP contribution < -0.4 is 5.32 Å². The minimum absolute atomic E-state index is 0.00924. The van der Waals surface area contributed by atoms with Gasteiger partial charge < -0.3 is 10.1 Å². The molecule has 0 aromatic heterocycles. The van der Waals surface area contributed by atoms with Gasteiger partial charge in [0.1, 0.15) is 0 Å². The van der Waals surface area contributed by atoms with E-state index in [9.17, 15) is 9.59 Å². The smallest absolute Gasteiger partial charge is 0.336 e. The van der Waals surface area contributed by atoms with Crippen molar-refractivity contribution in [1.29, 1.82) is 0 Å². The van der Waals surface area contributed by atoms with E-state index >= 15 is 0 Å². The molecule has 2 aromatic carbocycles. The van der Waals surface area contributed by atoms with Gasteiger partial charge in [-0.05, 0) is 42.9 Å². The van der Waals surface area contributed by atoms with Crippen molar-refractivity contribution in [3.8, 4) is 0 Å². The summed E-state index contributed by atoms with van der Waals surface area (Å²) >= 11 is 0. The van der Waals surface area contributed by atoms with Crippen molar-refractivity contribution < 1.29 is 14.3 Å². The average molecular weight is 363 g/mol. The van der Waals surface area contributed by atoms with Crippen LogP contribution in [0.15, 0.2) is 60.2 Å². The molecule has 4 nitrogen and oxygen atoms in total. The molecule has 0 unspecified atom stereocenters. The Hall–Kier alpha value is -2.88. The molecule has 0 saturated heterocycles. The van der Waals surface area contributed by atoms with Gasteiger partial charge in [0, 0.05) is 11.1 Å². The Labute approximate surface area is 160 Å². The van der Waals surface area contributed by atoms with Gasteiger partial charge in [-0.1, -0.05) is 56.3 Å². The fraction of sp³-hybridized carbons (Fsp3) is 0.304. The molecule has 3 rings (SSSR count). The summed E-state index contributed by atoms with van der Waals surface area (Å²) in [5, 5.41) is 3.01. The number of nitrogens with one attached hydrogen (secondary N) is 1. The van der Waals surface area contributed by atoms with Crippen LogP contribution in [0.25, 0.3) is 5.70 Å². The van der Waals surface area contributed by atoms with Crippen LogP contribution in [0.2, 0.25) is 0 Å². The highest BCUT2D eigenvalue weighted by Gasteiger charge is 2.35. The molecular formula is C23H25NO3. The number of fused-ring (bicyclic) bond motifs is 1. The molecule has 140 valence electrons. The van der Waals surface area contributed by atoms with E-state index in [1.165, 1.54) is 0 Å². The number of esters is 1. The van der Waals surface area contributed by atoms with Gasteiger partial charge >= 0.3 is 5.97 Å². The van der Waals surface area contributed by atoms with Crippen molar-refractivity contribution in [2.75, 3.05) is 6.61 Å². The molecule has 1 atom stereocenters. The molecule has 27 heavy (non-hydrogen) atoms. The van der Waals surface area contributed by atoms with Crippen molar-refractivity contribution in [2.45, 2.75) is 27.2 Å². The van der Waals surface area contributed by atoms with E-state index in [0.717, 1.165) is 17.5 Å². The van der Waals surface area contributed by atoms with Gasteiger partial charge in [-0.2, -0.15) is 0 Å². The SMILES string of the molecule is CCOC(=O)C1=C(NC(=O)c2ccccc2)c2ccccc2C[C@@H]1C(C)C. The lowest BCUT2D eigenvalue weighted by atomic mass is 9.75. The number of rotatable bonds is 5. The zero-order valence-electron chi connectivity index (χ0n) is 16.0. The quantitative estimate of drug-likeness (QED) is 0.809. The second-order valence-electron chi connectivity index (χ2n) is 7.04. The first-order valence-electron chi connectivity index (χ1n) is 9.38. The highest BCUT2D eigenvalue weighted by molar-refractivity contribution is 6.06. The Kier molecular flexibility index (Phi) is 5.75. The third kappa shape index (κ3) is 3.95. The van der Waals surface area contributed by atoms with E-state index in [-0.39, 0.29) is 23.7 Å². The topological polar surface area (TPSA) is 55.4 Å². The highest BCUT2D eigenvalue weighted by atomic mass is 16.5. The summed E-state index contributed by atoms with van der Waals surface area (Å²) in [5.41, 5.74) is 3.71. The Morgan fingerprint density at radius 2 is 1.74 bits per heavy atom. The molecule has 1 aliphatic rings. The van der Waals surface area contributed by atoms with Crippen molar-refractivity contribution in [3.05, 3.63) is 76.9 Å². The molecule has 4 heteroatoms. The van der Waals surface area contributed by atoms with Crippen LogP contribution in [0, 0.1) is 11.8 Å². The van der Waals surface area contributed by atoms with E-state index < -0.39 is 0 Å². The Balaban J connectivity index is 2.12. The van der Waals surface area contributed by atoms with Crippen LogP contribution in [0.1, 0.15) is 42.3 Å². The molecule has 0 heterocycles. The van der Waals surface area contributed by atoms with Gasteiger partial charge in [-0.15, -0.1) is 0 Å². The van der Waals surface area contributed by atoms with Gasteiger partial charge in [0.25, 0.3) is 5.91 Å². The number of ether oxygens (including phenoxy) is 1. The molecule has 0 radical (unpaired) electrons. The lowest BCUT2D eigenvalue weighted by molar-refractivity contribution is -0.139. The molecule has 0 aliphatic heterocycles. The number of hydrogen-bond donors (Lipinski definition) is 1. The van der Waals surface area contributed by atoms with Crippen LogP contribution in [0.3, 0.4) is 0 Å². The molecule has 0 saturated carbocycles.